The molecule has 3 heteroatoms. The molecule has 0 amide bonds. The lowest BCUT2D eigenvalue weighted by Gasteiger charge is -2.30. The van der Waals surface area contributed by atoms with Gasteiger partial charge in [0.2, 0.25) is 0 Å². The van der Waals surface area contributed by atoms with E-state index in [0.29, 0.717) is 18.6 Å². The fraction of sp³-hybridized carbons (Fsp3) is 0.923. The molecule has 0 spiro atoms. The molecule has 0 N–H and O–H groups in total. The second-order valence-electron chi connectivity index (χ2n) is 5.09. The van der Waals surface area contributed by atoms with Crippen molar-refractivity contribution in [2.45, 2.75) is 47.6 Å². The van der Waals surface area contributed by atoms with Crippen LogP contribution in [0.4, 0.5) is 0 Å². The van der Waals surface area contributed by atoms with Gasteiger partial charge >= 0.3 is 5.97 Å². The van der Waals surface area contributed by atoms with Gasteiger partial charge < -0.3 is 4.74 Å². The fourth-order valence-electron chi connectivity index (χ4n) is 1.68. The quantitative estimate of drug-likeness (QED) is 0.628. The molecule has 3 nitrogen and oxygen atoms in total. The van der Waals surface area contributed by atoms with Crippen molar-refractivity contribution in [3.05, 3.63) is 0 Å². The Morgan fingerprint density at radius 3 is 2.06 bits per heavy atom. The zero-order valence-electron chi connectivity index (χ0n) is 11.6. The zero-order valence-corrected chi connectivity index (χ0v) is 11.6. The van der Waals surface area contributed by atoms with E-state index >= 15 is 0 Å². The second-order valence-corrected chi connectivity index (χ2v) is 5.09. The van der Waals surface area contributed by atoms with E-state index in [-0.39, 0.29) is 11.9 Å². The minimum atomic E-state index is -0.0862. The van der Waals surface area contributed by atoms with Crippen molar-refractivity contribution < 1.29 is 9.53 Å². The maximum absolute atomic E-state index is 11.5. The number of nitrogens with zero attached hydrogens (tertiary/aromatic N) is 1. The second kappa shape index (κ2) is 7.66. The van der Waals surface area contributed by atoms with E-state index in [1.807, 2.05) is 13.8 Å². The van der Waals surface area contributed by atoms with Crippen LogP contribution in [0.2, 0.25) is 0 Å². The van der Waals surface area contributed by atoms with Crippen molar-refractivity contribution in [3.8, 4) is 0 Å². The van der Waals surface area contributed by atoms with Gasteiger partial charge in [0, 0.05) is 19.1 Å². The monoisotopic (exact) mass is 229 g/mol. The Hall–Kier alpha value is -0.570. The Morgan fingerprint density at radius 1 is 1.12 bits per heavy atom. The van der Waals surface area contributed by atoms with Crippen LogP contribution in [0, 0.1) is 11.8 Å². The molecule has 0 aliphatic carbocycles. The van der Waals surface area contributed by atoms with E-state index in [4.69, 9.17) is 4.74 Å². The Balaban J connectivity index is 4.22. The molecule has 1 unspecified atom stereocenters. The Kier molecular flexibility index (Phi) is 7.39. The first-order chi connectivity index (χ1) is 7.38. The van der Waals surface area contributed by atoms with Crippen molar-refractivity contribution in [1.29, 1.82) is 0 Å². The number of ether oxygens (including phenoxy) is 1. The number of rotatable bonds is 7. The molecule has 0 aliphatic rings. The van der Waals surface area contributed by atoms with Crippen LogP contribution in [0.25, 0.3) is 0 Å². The molecule has 0 saturated heterocycles. The number of hydrogen-bond donors (Lipinski definition) is 0. The predicted molar refractivity (Wildman–Crippen MR) is 67.3 cm³/mol. The van der Waals surface area contributed by atoms with Crippen LogP contribution in [0.1, 0.15) is 41.5 Å². The van der Waals surface area contributed by atoms with E-state index in [1.54, 1.807) is 0 Å². The topological polar surface area (TPSA) is 29.5 Å². The maximum Gasteiger partial charge on any atom is 0.309 e. The molecule has 96 valence electrons. The molecule has 0 aromatic heterocycles. The van der Waals surface area contributed by atoms with Gasteiger partial charge in [-0.25, -0.2) is 0 Å². The molecular weight excluding hydrogens is 202 g/mol. The highest BCUT2D eigenvalue weighted by molar-refractivity contribution is 5.72. The Morgan fingerprint density at radius 2 is 1.69 bits per heavy atom. The van der Waals surface area contributed by atoms with Crippen LogP contribution in [-0.2, 0) is 9.53 Å². The van der Waals surface area contributed by atoms with Crippen LogP contribution in [0.5, 0.6) is 0 Å². The molecule has 0 rings (SSSR count). The van der Waals surface area contributed by atoms with Gasteiger partial charge in [-0.2, -0.15) is 0 Å². The normalized spacial score (nSPS) is 13.6. The summed E-state index contributed by atoms with van der Waals surface area (Å²) in [6, 6.07) is 0.472. The van der Waals surface area contributed by atoms with Gasteiger partial charge in [-0.3, -0.25) is 9.69 Å². The maximum atomic E-state index is 11.5. The minimum Gasteiger partial charge on any atom is -0.466 e. The first-order valence-electron chi connectivity index (χ1n) is 6.29. The molecule has 0 saturated carbocycles. The lowest BCUT2D eigenvalue weighted by atomic mass is 10.1. The number of carbonyl (C=O) groups excluding carboxylic acids is 1. The molecule has 0 aromatic carbocycles. The van der Waals surface area contributed by atoms with E-state index in [9.17, 15) is 4.79 Å². The van der Waals surface area contributed by atoms with Gasteiger partial charge in [-0.05, 0) is 26.7 Å². The van der Waals surface area contributed by atoms with E-state index in [1.165, 1.54) is 0 Å². The highest BCUT2D eigenvalue weighted by Gasteiger charge is 2.20. The summed E-state index contributed by atoms with van der Waals surface area (Å²) in [5.41, 5.74) is 0. The van der Waals surface area contributed by atoms with Gasteiger partial charge in [-0.1, -0.05) is 20.8 Å². The molecule has 0 aliphatic heterocycles. The molecular formula is C13H27NO2. The van der Waals surface area contributed by atoms with Gasteiger partial charge in [0.15, 0.2) is 0 Å². The molecule has 0 fully saturated rings. The third kappa shape index (κ3) is 6.11. The molecule has 0 heterocycles. The van der Waals surface area contributed by atoms with Crippen molar-refractivity contribution in [3.63, 3.8) is 0 Å². The SMILES string of the molecule is CCOC(=O)C(C)CN(CC(C)C)C(C)C. The molecule has 16 heavy (non-hydrogen) atoms. The van der Waals surface area contributed by atoms with Crippen LogP contribution >= 0.6 is 0 Å². The van der Waals surface area contributed by atoms with Gasteiger partial charge in [-0.15, -0.1) is 0 Å². The summed E-state index contributed by atoms with van der Waals surface area (Å²) in [5.74, 6) is 0.495. The van der Waals surface area contributed by atoms with Gasteiger partial charge in [0.05, 0.1) is 12.5 Å². The molecule has 0 aromatic rings. The van der Waals surface area contributed by atoms with Crippen LogP contribution in [0.15, 0.2) is 0 Å². The molecule has 0 bridgehead atoms. The van der Waals surface area contributed by atoms with E-state index < -0.39 is 0 Å². The zero-order chi connectivity index (χ0) is 12.7. The van der Waals surface area contributed by atoms with Crippen LogP contribution in [-0.4, -0.2) is 36.6 Å². The Labute approximate surface area is 100 Å². The lowest BCUT2D eigenvalue weighted by Crippen LogP contribution is -2.39. The van der Waals surface area contributed by atoms with Crippen molar-refractivity contribution in [2.24, 2.45) is 11.8 Å². The smallest absolute Gasteiger partial charge is 0.309 e. The van der Waals surface area contributed by atoms with Crippen LogP contribution in [0.3, 0.4) is 0 Å². The lowest BCUT2D eigenvalue weighted by molar-refractivity contribution is -0.148. The summed E-state index contributed by atoms with van der Waals surface area (Å²) in [4.78, 5) is 13.9. The number of hydrogen-bond acceptors (Lipinski definition) is 3. The van der Waals surface area contributed by atoms with Crippen LogP contribution < -0.4 is 0 Å². The summed E-state index contributed by atoms with van der Waals surface area (Å²) in [5, 5.41) is 0. The van der Waals surface area contributed by atoms with E-state index in [2.05, 4.69) is 32.6 Å². The third-order valence-electron chi connectivity index (χ3n) is 2.53. The highest BCUT2D eigenvalue weighted by atomic mass is 16.5. The highest BCUT2D eigenvalue weighted by Crippen LogP contribution is 2.09. The summed E-state index contributed by atoms with van der Waals surface area (Å²) in [6.07, 6.45) is 0. The first kappa shape index (κ1) is 15.4. The van der Waals surface area contributed by atoms with E-state index in [0.717, 1.165) is 13.1 Å². The largest absolute Gasteiger partial charge is 0.466 e. The van der Waals surface area contributed by atoms with Crippen molar-refractivity contribution in [1.82, 2.24) is 4.90 Å². The summed E-state index contributed by atoms with van der Waals surface area (Å²) >= 11 is 0. The standard InChI is InChI=1S/C13H27NO2/c1-7-16-13(15)12(6)9-14(11(4)5)8-10(2)3/h10-12H,7-9H2,1-6H3. The predicted octanol–water partition coefficient (Wildman–Crippen LogP) is 2.55. The summed E-state index contributed by atoms with van der Waals surface area (Å²) in [7, 11) is 0. The first-order valence-corrected chi connectivity index (χ1v) is 6.29. The molecule has 0 radical (unpaired) electrons. The molecule has 1 atom stereocenters. The van der Waals surface area contributed by atoms with Crippen molar-refractivity contribution in [2.75, 3.05) is 19.7 Å². The third-order valence-corrected chi connectivity index (χ3v) is 2.53. The average molecular weight is 229 g/mol. The fourth-order valence-corrected chi connectivity index (χ4v) is 1.68. The average Bonchev–Trinajstić information content (AvgIpc) is 2.16. The number of esters is 1. The summed E-state index contributed by atoms with van der Waals surface area (Å²) in [6.45, 7) is 14.8. The van der Waals surface area contributed by atoms with Crippen molar-refractivity contribution >= 4 is 5.97 Å². The Bertz CT molecular complexity index is 202. The van der Waals surface area contributed by atoms with Gasteiger partial charge in [0.25, 0.3) is 0 Å². The minimum absolute atomic E-state index is 0.0406. The summed E-state index contributed by atoms with van der Waals surface area (Å²) < 4.78 is 5.02. The number of carbonyl (C=O) groups is 1. The van der Waals surface area contributed by atoms with Gasteiger partial charge in [0.1, 0.15) is 0 Å².